The number of methoxy groups -OCH3 is 2. The van der Waals surface area contributed by atoms with Gasteiger partial charge in [-0.3, -0.25) is 0 Å². The van der Waals surface area contributed by atoms with Gasteiger partial charge in [0.15, 0.2) is 0 Å². The van der Waals surface area contributed by atoms with E-state index in [1.807, 2.05) is 12.1 Å². The van der Waals surface area contributed by atoms with E-state index in [4.69, 9.17) is 26.8 Å². The van der Waals surface area contributed by atoms with Crippen LogP contribution in [0.3, 0.4) is 0 Å². The van der Waals surface area contributed by atoms with E-state index >= 15 is 0 Å². The monoisotopic (exact) mass is 271 g/mol. The van der Waals surface area contributed by atoms with Crippen molar-refractivity contribution in [2.24, 2.45) is 11.7 Å². The number of nitrogens with two attached hydrogens (primary N) is 1. The predicted molar refractivity (Wildman–Crippen MR) is 75.6 cm³/mol. The van der Waals surface area contributed by atoms with Crippen molar-refractivity contribution in [3.63, 3.8) is 0 Å². The minimum absolute atomic E-state index is 0.0803. The number of benzene rings is 1. The van der Waals surface area contributed by atoms with Crippen molar-refractivity contribution >= 4 is 11.6 Å². The van der Waals surface area contributed by atoms with E-state index < -0.39 is 0 Å². The highest BCUT2D eigenvalue weighted by molar-refractivity contribution is 6.33. The van der Waals surface area contributed by atoms with Crippen molar-refractivity contribution < 1.29 is 9.47 Å². The van der Waals surface area contributed by atoms with Crippen LogP contribution in [0.1, 0.15) is 38.3 Å². The van der Waals surface area contributed by atoms with Crippen LogP contribution in [0.4, 0.5) is 0 Å². The van der Waals surface area contributed by atoms with Crippen molar-refractivity contribution in [2.45, 2.75) is 32.7 Å². The van der Waals surface area contributed by atoms with Gasteiger partial charge in [0.2, 0.25) is 0 Å². The van der Waals surface area contributed by atoms with Crippen molar-refractivity contribution in [3.05, 3.63) is 22.7 Å². The fourth-order valence-corrected chi connectivity index (χ4v) is 2.45. The predicted octanol–water partition coefficient (Wildman–Crippen LogP) is 3.79. The highest BCUT2D eigenvalue weighted by Gasteiger charge is 2.21. The number of halogens is 1. The quantitative estimate of drug-likeness (QED) is 0.856. The molecule has 18 heavy (non-hydrogen) atoms. The molecule has 0 saturated carbocycles. The Labute approximate surface area is 114 Å². The summed E-state index contributed by atoms with van der Waals surface area (Å²) in [7, 11) is 3.18. The molecule has 0 saturated heterocycles. The van der Waals surface area contributed by atoms with Gasteiger partial charge in [-0.15, -0.1) is 0 Å². The number of hydrogen-bond donors (Lipinski definition) is 1. The lowest BCUT2D eigenvalue weighted by molar-refractivity contribution is 0.374. The Kier molecular flexibility index (Phi) is 5.76. The summed E-state index contributed by atoms with van der Waals surface area (Å²) in [6.07, 6.45) is 2.19. The SMILES string of the molecule is CCCC(C)C(N)c1ccc(OC)c(Cl)c1OC. The van der Waals surface area contributed by atoms with Crippen LogP contribution in [0.2, 0.25) is 5.02 Å². The maximum atomic E-state index is 6.28. The summed E-state index contributed by atoms with van der Waals surface area (Å²) in [5.74, 6) is 1.60. The molecule has 0 aliphatic rings. The van der Waals surface area contributed by atoms with E-state index in [-0.39, 0.29) is 6.04 Å². The Hall–Kier alpha value is -0.930. The first-order valence-corrected chi connectivity index (χ1v) is 6.60. The van der Waals surface area contributed by atoms with Crippen molar-refractivity contribution in [1.29, 1.82) is 0 Å². The van der Waals surface area contributed by atoms with Gasteiger partial charge in [-0.05, 0) is 24.5 Å². The molecule has 2 atom stereocenters. The minimum atomic E-state index is -0.0803. The van der Waals surface area contributed by atoms with E-state index in [1.165, 1.54) is 0 Å². The fourth-order valence-electron chi connectivity index (χ4n) is 2.12. The minimum Gasteiger partial charge on any atom is -0.495 e. The van der Waals surface area contributed by atoms with Crippen LogP contribution in [-0.4, -0.2) is 14.2 Å². The highest BCUT2D eigenvalue weighted by Crippen LogP contribution is 2.40. The molecular weight excluding hydrogens is 250 g/mol. The van der Waals surface area contributed by atoms with Gasteiger partial charge in [-0.1, -0.05) is 31.9 Å². The third-order valence-electron chi connectivity index (χ3n) is 3.23. The number of rotatable bonds is 6. The maximum Gasteiger partial charge on any atom is 0.146 e. The summed E-state index contributed by atoms with van der Waals surface area (Å²) in [6.45, 7) is 4.30. The average molecular weight is 272 g/mol. The van der Waals surface area contributed by atoms with Crippen LogP contribution in [0.15, 0.2) is 12.1 Å². The Bertz CT molecular complexity index is 396. The summed E-state index contributed by atoms with van der Waals surface area (Å²) in [6, 6.07) is 3.68. The van der Waals surface area contributed by atoms with Gasteiger partial charge in [0.05, 0.1) is 14.2 Å². The molecule has 0 aromatic heterocycles. The average Bonchev–Trinajstić information content (AvgIpc) is 2.37. The molecule has 2 N–H and O–H groups in total. The molecular formula is C14H22ClNO2. The number of hydrogen-bond acceptors (Lipinski definition) is 3. The molecule has 0 fully saturated rings. The van der Waals surface area contributed by atoms with Crippen LogP contribution >= 0.6 is 11.6 Å². The van der Waals surface area contributed by atoms with Gasteiger partial charge >= 0.3 is 0 Å². The third-order valence-corrected chi connectivity index (χ3v) is 3.59. The lowest BCUT2D eigenvalue weighted by Crippen LogP contribution is -2.20. The number of ether oxygens (including phenoxy) is 2. The van der Waals surface area contributed by atoms with E-state index in [0.29, 0.717) is 22.4 Å². The van der Waals surface area contributed by atoms with E-state index in [1.54, 1.807) is 14.2 Å². The van der Waals surface area contributed by atoms with Crippen LogP contribution in [0, 0.1) is 5.92 Å². The largest absolute Gasteiger partial charge is 0.495 e. The second-order valence-electron chi connectivity index (χ2n) is 4.50. The van der Waals surface area contributed by atoms with Crippen LogP contribution in [0.25, 0.3) is 0 Å². The molecule has 0 heterocycles. The van der Waals surface area contributed by atoms with Gasteiger partial charge < -0.3 is 15.2 Å². The van der Waals surface area contributed by atoms with Crippen LogP contribution in [-0.2, 0) is 0 Å². The lowest BCUT2D eigenvalue weighted by Gasteiger charge is -2.23. The Morgan fingerprint density at radius 3 is 2.44 bits per heavy atom. The first kappa shape index (κ1) is 15.1. The normalized spacial score (nSPS) is 14.1. The van der Waals surface area contributed by atoms with Crippen LogP contribution in [0.5, 0.6) is 11.5 Å². The molecule has 2 unspecified atom stereocenters. The molecule has 3 nitrogen and oxygen atoms in total. The Morgan fingerprint density at radius 1 is 1.28 bits per heavy atom. The standard InChI is InChI=1S/C14H22ClNO2/c1-5-6-9(2)13(16)10-7-8-11(17-3)12(15)14(10)18-4/h7-9,13H,5-6,16H2,1-4H3. The summed E-state index contributed by atoms with van der Waals surface area (Å²) in [4.78, 5) is 0. The molecule has 0 radical (unpaired) electrons. The zero-order valence-corrected chi connectivity index (χ0v) is 12.3. The first-order chi connectivity index (χ1) is 8.56. The molecule has 0 aliphatic heterocycles. The lowest BCUT2D eigenvalue weighted by atomic mass is 9.91. The first-order valence-electron chi connectivity index (χ1n) is 6.22. The van der Waals surface area contributed by atoms with E-state index in [2.05, 4.69) is 13.8 Å². The molecule has 102 valence electrons. The molecule has 1 rings (SSSR count). The molecule has 1 aromatic carbocycles. The summed E-state index contributed by atoms with van der Waals surface area (Å²) in [5, 5.41) is 0.483. The van der Waals surface area contributed by atoms with E-state index in [9.17, 15) is 0 Å². The molecule has 4 heteroatoms. The second kappa shape index (κ2) is 6.86. The van der Waals surface area contributed by atoms with Gasteiger partial charge in [0.25, 0.3) is 0 Å². The maximum absolute atomic E-state index is 6.28. The van der Waals surface area contributed by atoms with Gasteiger partial charge in [0.1, 0.15) is 16.5 Å². The topological polar surface area (TPSA) is 44.5 Å². The highest BCUT2D eigenvalue weighted by atomic mass is 35.5. The summed E-state index contributed by atoms with van der Waals surface area (Å²) in [5.41, 5.74) is 7.22. The third kappa shape index (κ3) is 3.09. The smallest absolute Gasteiger partial charge is 0.146 e. The van der Waals surface area contributed by atoms with Gasteiger partial charge in [-0.25, -0.2) is 0 Å². The Morgan fingerprint density at radius 2 is 1.94 bits per heavy atom. The molecule has 0 bridgehead atoms. The van der Waals surface area contributed by atoms with Crippen LogP contribution < -0.4 is 15.2 Å². The summed E-state index contributed by atoms with van der Waals surface area (Å²) < 4.78 is 10.6. The molecule has 1 aromatic rings. The van der Waals surface area contributed by atoms with Gasteiger partial charge in [-0.2, -0.15) is 0 Å². The molecule has 0 aliphatic carbocycles. The summed E-state index contributed by atoms with van der Waals surface area (Å²) >= 11 is 6.23. The zero-order chi connectivity index (χ0) is 13.7. The fraction of sp³-hybridized carbons (Fsp3) is 0.571. The zero-order valence-electron chi connectivity index (χ0n) is 11.5. The Balaban J connectivity index is 3.12. The van der Waals surface area contributed by atoms with Crippen molar-refractivity contribution in [3.8, 4) is 11.5 Å². The molecule has 0 spiro atoms. The second-order valence-corrected chi connectivity index (χ2v) is 4.87. The van der Waals surface area contributed by atoms with Crippen molar-refractivity contribution in [1.82, 2.24) is 0 Å². The van der Waals surface area contributed by atoms with E-state index in [0.717, 1.165) is 18.4 Å². The molecule has 0 amide bonds. The van der Waals surface area contributed by atoms with Gasteiger partial charge in [0, 0.05) is 11.6 Å². The van der Waals surface area contributed by atoms with Crippen molar-refractivity contribution in [2.75, 3.05) is 14.2 Å².